The van der Waals surface area contributed by atoms with Crippen LogP contribution in [0, 0.1) is 0 Å². The molecule has 1 aliphatic rings. The minimum absolute atomic E-state index is 0.00795. The third-order valence-corrected chi connectivity index (χ3v) is 7.75. The van der Waals surface area contributed by atoms with Crippen molar-refractivity contribution >= 4 is 40.3 Å². The first-order chi connectivity index (χ1) is 18.4. The summed E-state index contributed by atoms with van der Waals surface area (Å²) in [6, 6.07) is 4.01. The van der Waals surface area contributed by atoms with E-state index in [9.17, 15) is 27.6 Å². The first-order valence-corrected chi connectivity index (χ1v) is 13.3. The number of amides is 1. The van der Waals surface area contributed by atoms with Gasteiger partial charge in [-0.2, -0.15) is 18.0 Å². The van der Waals surface area contributed by atoms with E-state index in [1.54, 1.807) is 18.4 Å². The largest absolute Gasteiger partial charge is 0.499 e. The van der Waals surface area contributed by atoms with Gasteiger partial charge in [-0.1, -0.05) is 6.07 Å². The number of halogens is 3. The second-order valence-corrected chi connectivity index (χ2v) is 10.0. The molecule has 0 unspecified atom stereocenters. The van der Waals surface area contributed by atoms with Crippen LogP contribution < -0.4 is 25.0 Å². The molecule has 39 heavy (non-hydrogen) atoms. The fraction of sp³-hybridized carbons (Fsp3) is 0.360. The van der Waals surface area contributed by atoms with Crippen LogP contribution in [0.25, 0.3) is 16.7 Å². The zero-order chi connectivity index (χ0) is 29.1. The molecule has 1 aliphatic carbocycles. The van der Waals surface area contributed by atoms with Crippen molar-refractivity contribution in [1.82, 2.24) is 5.32 Å². The number of rotatable bonds is 7. The minimum Gasteiger partial charge on any atom is -0.492 e. The van der Waals surface area contributed by atoms with Gasteiger partial charge in [-0.3, -0.25) is 14.4 Å². The maximum Gasteiger partial charge on any atom is 0.499 e. The average molecular weight is 584 g/mol. The molecule has 0 spiro atoms. The smallest absolute Gasteiger partial charge is 0.492 e. The summed E-state index contributed by atoms with van der Waals surface area (Å²) in [7, 11) is 3.91. The highest BCUT2D eigenvalue weighted by atomic mass is 32.2. The number of hydrogen-bond donors (Lipinski definition) is 1. The van der Waals surface area contributed by atoms with Crippen molar-refractivity contribution in [2.45, 2.75) is 41.8 Å². The molecule has 14 heteroatoms. The van der Waals surface area contributed by atoms with Gasteiger partial charge in [-0.15, -0.1) is 11.8 Å². The minimum atomic E-state index is -5.21. The maximum atomic E-state index is 13.4. The lowest BCUT2D eigenvalue weighted by Gasteiger charge is -2.22. The van der Waals surface area contributed by atoms with Crippen LogP contribution in [-0.4, -0.2) is 55.3 Å². The quantitative estimate of drug-likeness (QED) is 0.219. The fourth-order valence-electron chi connectivity index (χ4n) is 4.41. The summed E-state index contributed by atoms with van der Waals surface area (Å²) < 4.78 is 56.8. The highest BCUT2D eigenvalue weighted by molar-refractivity contribution is 8.15. The molecule has 2 aromatic rings. The molecular formula is C25H24F3N3O6S2. The van der Waals surface area contributed by atoms with E-state index in [2.05, 4.69) is 10.1 Å². The number of benzene rings is 1. The molecule has 3 rings (SSSR count). The number of alkyl halides is 3. The number of carbonyl (C=O) groups is 2. The molecule has 1 atom stereocenters. The van der Waals surface area contributed by atoms with Crippen molar-refractivity contribution in [1.29, 1.82) is 0 Å². The lowest BCUT2D eigenvalue weighted by molar-refractivity contribution is -0.130. The van der Waals surface area contributed by atoms with Gasteiger partial charge in [0.1, 0.15) is 0 Å². The Bertz CT molecular complexity index is 1440. The number of nitrogens with one attached hydrogen (secondary N) is 1. The van der Waals surface area contributed by atoms with Crippen LogP contribution >= 0.6 is 23.5 Å². The summed E-state index contributed by atoms with van der Waals surface area (Å²) in [4.78, 5) is 40.4. The van der Waals surface area contributed by atoms with Gasteiger partial charge in [0.15, 0.2) is 16.9 Å². The Kier molecular flexibility index (Phi) is 9.36. The van der Waals surface area contributed by atoms with Crippen LogP contribution in [0.4, 0.5) is 13.2 Å². The predicted molar refractivity (Wildman–Crippen MR) is 140 cm³/mol. The van der Waals surface area contributed by atoms with Crippen LogP contribution in [0.15, 0.2) is 32.8 Å². The Hall–Kier alpha value is -3.48. The van der Waals surface area contributed by atoms with Gasteiger partial charge in [-0.25, -0.2) is 0 Å². The number of fused-ring (bicyclic) bond motifs is 3. The standard InChI is InChI=1S/C25H24F3N3O6S2/c1-11(32)30-15-8-6-13-18(12-7-9-17(38-5)16(33)10-14(12)15)19(35-2)20(36-3)21(37-4)22(13)39-24(34)23(31-29)25(26,27)28/h7,9-10,15H,6,8H2,1-5H3,(H,30,32)/t15-/m0/s1. The molecule has 0 saturated heterocycles. The first-order valence-electron chi connectivity index (χ1n) is 11.3. The van der Waals surface area contributed by atoms with Crippen molar-refractivity contribution < 1.29 is 41.8 Å². The molecule has 0 fully saturated rings. The van der Waals surface area contributed by atoms with Gasteiger partial charge in [0, 0.05) is 12.5 Å². The Morgan fingerprint density at radius 1 is 1.10 bits per heavy atom. The van der Waals surface area contributed by atoms with E-state index in [1.807, 2.05) is 0 Å². The van der Waals surface area contributed by atoms with Gasteiger partial charge >= 0.3 is 17.0 Å². The summed E-state index contributed by atoms with van der Waals surface area (Å²) in [5.41, 5.74) is 8.26. The van der Waals surface area contributed by atoms with E-state index in [0.717, 1.165) is 0 Å². The molecule has 208 valence electrons. The molecule has 1 N–H and O–H groups in total. The van der Waals surface area contributed by atoms with Crippen LogP contribution in [0.2, 0.25) is 0 Å². The third kappa shape index (κ3) is 5.92. The van der Waals surface area contributed by atoms with Crippen molar-refractivity contribution in [3.63, 3.8) is 0 Å². The van der Waals surface area contributed by atoms with E-state index < -0.39 is 23.0 Å². The number of methoxy groups -OCH3 is 3. The highest BCUT2D eigenvalue weighted by Gasteiger charge is 2.50. The predicted octanol–water partition coefficient (Wildman–Crippen LogP) is 4.44. The fourth-order valence-corrected chi connectivity index (χ4v) is 5.91. The van der Waals surface area contributed by atoms with Gasteiger partial charge < -0.3 is 25.1 Å². The van der Waals surface area contributed by atoms with E-state index in [4.69, 9.17) is 19.7 Å². The SMILES string of the molecule is COc1c(OC)c(SC(=O)C(=[N+]=[N-])C(F)(F)F)c2c(c1OC)-c1ccc(SC)c(=O)cc1[C@@H](NC(C)=O)CC2. The Balaban J connectivity index is 2.48. The number of nitrogens with zero attached hydrogens (tertiary/aromatic N) is 2. The molecule has 1 amide bonds. The monoisotopic (exact) mass is 583 g/mol. The Labute approximate surface area is 230 Å². The summed E-state index contributed by atoms with van der Waals surface area (Å²) in [5.74, 6) is -0.282. The van der Waals surface area contributed by atoms with E-state index in [1.165, 1.54) is 46.1 Å². The normalized spacial score (nSPS) is 14.2. The van der Waals surface area contributed by atoms with Gasteiger partial charge in [0.25, 0.3) is 0 Å². The van der Waals surface area contributed by atoms with E-state index in [-0.39, 0.29) is 58.1 Å². The zero-order valence-corrected chi connectivity index (χ0v) is 23.2. The van der Waals surface area contributed by atoms with Crippen LogP contribution in [0.1, 0.15) is 30.5 Å². The number of hydrogen-bond acceptors (Lipinski definition) is 8. The lowest BCUT2D eigenvalue weighted by atomic mass is 9.95. The second kappa shape index (κ2) is 12.1. The van der Waals surface area contributed by atoms with Crippen molar-refractivity contribution in [3.05, 3.63) is 45.1 Å². The van der Waals surface area contributed by atoms with E-state index >= 15 is 0 Å². The highest BCUT2D eigenvalue weighted by Crippen LogP contribution is 2.55. The maximum absolute atomic E-state index is 13.4. The Morgan fingerprint density at radius 2 is 1.74 bits per heavy atom. The lowest BCUT2D eigenvalue weighted by Crippen LogP contribution is -2.30. The second-order valence-electron chi connectivity index (χ2n) is 8.19. The first kappa shape index (κ1) is 30.1. The molecule has 0 aliphatic heterocycles. The molecule has 0 aromatic heterocycles. The van der Waals surface area contributed by atoms with Crippen molar-refractivity contribution in [2.24, 2.45) is 0 Å². The number of thioether (sulfide) groups is 2. The van der Waals surface area contributed by atoms with Gasteiger partial charge in [-0.05, 0) is 59.7 Å². The molecule has 0 bridgehead atoms. The summed E-state index contributed by atoms with van der Waals surface area (Å²) in [6.45, 7) is 1.32. The molecule has 0 saturated carbocycles. The van der Waals surface area contributed by atoms with Gasteiger partial charge in [0.05, 0.1) is 37.2 Å². The topological polar surface area (TPSA) is 127 Å². The summed E-state index contributed by atoms with van der Waals surface area (Å²) in [5, 5.41) is 1.25. The summed E-state index contributed by atoms with van der Waals surface area (Å²) in [6.07, 6.45) is -3.13. The third-order valence-electron chi connectivity index (χ3n) is 5.96. The number of ether oxygens (including phenoxy) is 3. The molecule has 2 aromatic carbocycles. The van der Waals surface area contributed by atoms with Crippen molar-refractivity contribution in [2.75, 3.05) is 27.6 Å². The van der Waals surface area contributed by atoms with Crippen molar-refractivity contribution in [3.8, 4) is 28.4 Å². The van der Waals surface area contributed by atoms with Crippen LogP contribution in [-0.2, 0) is 16.0 Å². The summed E-state index contributed by atoms with van der Waals surface area (Å²) >= 11 is 1.39. The van der Waals surface area contributed by atoms with Gasteiger partial charge in [0.2, 0.25) is 11.7 Å². The van der Waals surface area contributed by atoms with E-state index in [0.29, 0.717) is 27.1 Å². The molecular weight excluding hydrogens is 559 g/mol. The number of carbonyl (C=O) groups excluding carboxylic acids is 2. The molecule has 0 radical (unpaired) electrons. The zero-order valence-electron chi connectivity index (χ0n) is 21.5. The molecule has 0 heterocycles. The molecule has 9 nitrogen and oxygen atoms in total. The average Bonchev–Trinajstić information content (AvgIpc) is 3.11. The van der Waals surface area contributed by atoms with Crippen LogP contribution in [0.3, 0.4) is 0 Å². The Morgan fingerprint density at radius 3 is 2.26 bits per heavy atom. The van der Waals surface area contributed by atoms with Crippen LogP contribution in [0.5, 0.6) is 17.2 Å².